The summed E-state index contributed by atoms with van der Waals surface area (Å²) in [6.07, 6.45) is 0.560. The van der Waals surface area contributed by atoms with Crippen molar-refractivity contribution in [2.24, 2.45) is 0 Å². The molecule has 0 fully saturated rings. The summed E-state index contributed by atoms with van der Waals surface area (Å²) in [5, 5.41) is 17.8. The average Bonchev–Trinajstić information content (AvgIpc) is 2.84. The average molecular weight is 292 g/mol. The van der Waals surface area contributed by atoms with Gasteiger partial charge in [0.25, 0.3) is 5.69 Å². The second kappa shape index (κ2) is 6.69. The van der Waals surface area contributed by atoms with Crippen molar-refractivity contribution in [3.63, 3.8) is 0 Å². The fraction of sp³-hybridized carbons (Fsp3) is 0.385. The number of non-ortho nitro benzene ring substituents is 1. The highest BCUT2D eigenvalue weighted by Gasteiger charge is 2.10. The van der Waals surface area contributed by atoms with Gasteiger partial charge < -0.3 is 14.6 Å². The summed E-state index contributed by atoms with van der Waals surface area (Å²) in [4.78, 5) is 14.5. The van der Waals surface area contributed by atoms with Gasteiger partial charge in [-0.1, -0.05) is 5.16 Å². The fourth-order valence-electron chi connectivity index (χ4n) is 1.80. The van der Waals surface area contributed by atoms with Crippen molar-refractivity contribution in [3.05, 3.63) is 40.0 Å². The summed E-state index contributed by atoms with van der Waals surface area (Å²) >= 11 is 0. The Hall–Kier alpha value is -2.64. The molecule has 0 saturated carbocycles. The number of hydrogen-bond donors (Lipinski definition) is 1. The van der Waals surface area contributed by atoms with E-state index in [1.807, 2.05) is 6.92 Å². The van der Waals surface area contributed by atoms with Crippen LogP contribution < -0.4 is 10.1 Å². The second-order valence-electron chi connectivity index (χ2n) is 4.31. The zero-order valence-electron chi connectivity index (χ0n) is 11.8. The molecule has 0 spiro atoms. The first-order valence-electron chi connectivity index (χ1n) is 6.54. The fourth-order valence-corrected chi connectivity index (χ4v) is 1.80. The molecule has 0 amide bonds. The van der Waals surface area contributed by atoms with Crippen LogP contribution in [0.5, 0.6) is 5.75 Å². The van der Waals surface area contributed by atoms with E-state index in [2.05, 4.69) is 15.5 Å². The van der Waals surface area contributed by atoms with Crippen molar-refractivity contribution in [1.29, 1.82) is 0 Å². The number of nitrogens with one attached hydrogen (secondary N) is 1. The molecule has 2 aromatic rings. The molecule has 8 heteroatoms. The maximum atomic E-state index is 10.9. The summed E-state index contributed by atoms with van der Waals surface area (Å²) in [6.45, 7) is 4.53. The lowest BCUT2D eigenvalue weighted by molar-refractivity contribution is -0.384. The summed E-state index contributed by atoms with van der Waals surface area (Å²) in [6, 6.07) is 4.58. The number of hydrogen-bond acceptors (Lipinski definition) is 7. The van der Waals surface area contributed by atoms with Gasteiger partial charge in [-0.3, -0.25) is 10.1 Å². The molecule has 0 aliphatic rings. The van der Waals surface area contributed by atoms with E-state index >= 15 is 0 Å². The van der Waals surface area contributed by atoms with Crippen molar-refractivity contribution >= 4 is 11.4 Å². The second-order valence-corrected chi connectivity index (χ2v) is 4.31. The normalized spacial score (nSPS) is 10.4. The Labute approximate surface area is 121 Å². The van der Waals surface area contributed by atoms with Gasteiger partial charge in [0.15, 0.2) is 5.82 Å². The van der Waals surface area contributed by atoms with E-state index in [1.54, 1.807) is 13.0 Å². The van der Waals surface area contributed by atoms with E-state index in [-0.39, 0.29) is 5.69 Å². The molecule has 0 bridgehead atoms. The van der Waals surface area contributed by atoms with Crippen LogP contribution in [0, 0.1) is 17.0 Å². The van der Waals surface area contributed by atoms with Crippen LogP contribution >= 0.6 is 0 Å². The van der Waals surface area contributed by atoms with Crippen LogP contribution in [-0.2, 0) is 6.42 Å². The third-order valence-electron chi connectivity index (χ3n) is 2.66. The highest BCUT2D eigenvalue weighted by molar-refractivity contribution is 5.56. The molecular formula is C13H16N4O4. The van der Waals surface area contributed by atoms with E-state index in [0.29, 0.717) is 42.7 Å². The molecule has 0 atom stereocenters. The van der Waals surface area contributed by atoms with E-state index in [0.717, 1.165) is 0 Å². The number of nitro benzene ring substituents is 1. The number of rotatable bonds is 7. The van der Waals surface area contributed by atoms with Crippen LogP contribution in [0.25, 0.3) is 0 Å². The number of nitro groups is 1. The molecule has 0 saturated heterocycles. The predicted molar refractivity (Wildman–Crippen MR) is 75.5 cm³/mol. The smallest absolute Gasteiger partial charge is 0.275 e. The van der Waals surface area contributed by atoms with Gasteiger partial charge in [0, 0.05) is 37.7 Å². The molecule has 0 unspecified atom stereocenters. The van der Waals surface area contributed by atoms with E-state index in [9.17, 15) is 10.1 Å². The SMILES string of the molecule is CCOc1cc(NCCc2noc(C)n2)cc([N+](=O)[O-])c1. The van der Waals surface area contributed by atoms with Crippen molar-refractivity contribution in [3.8, 4) is 5.75 Å². The maximum absolute atomic E-state index is 10.9. The number of benzene rings is 1. The van der Waals surface area contributed by atoms with E-state index in [4.69, 9.17) is 9.26 Å². The summed E-state index contributed by atoms with van der Waals surface area (Å²) in [5.74, 6) is 1.57. The molecule has 0 aliphatic carbocycles. The van der Waals surface area contributed by atoms with Gasteiger partial charge in [-0.25, -0.2) is 0 Å². The van der Waals surface area contributed by atoms with Crippen molar-refractivity contribution in [2.45, 2.75) is 20.3 Å². The van der Waals surface area contributed by atoms with Crippen LogP contribution in [0.3, 0.4) is 0 Å². The standard InChI is InChI=1S/C13H16N4O4/c1-3-20-12-7-10(6-11(8-12)17(18)19)14-5-4-13-15-9(2)21-16-13/h6-8,14H,3-5H2,1-2H3. The third-order valence-corrected chi connectivity index (χ3v) is 2.66. The number of nitrogens with zero attached hydrogens (tertiary/aromatic N) is 3. The van der Waals surface area contributed by atoms with Crippen LogP contribution in [0.4, 0.5) is 11.4 Å². The first-order chi connectivity index (χ1) is 10.1. The van der Waals surface area contributed by atoms with Crippen LogP contribution in [0.15, 0.2) is 22.7 Å². The lowest BCUT2D eigenvalue weighted by Crippen LogP contribution is -2.06. The number of ether oxygens (including phenoxy) is 1. The molecule has 1 N–H and O–H groups in total. The van der Waals surface area contributed by atoms with E-state index in [1.165, 1.54) is 12.1 Å². The monoisotopic (exact) mass is 292 g/mol. The lowest BCUT2D eigenvalue weighted by atomic mass is 10.2. The number of aromatic nitrogens is 2. The lowest BCUT2D eigenvalue weighted by Gasteiger charge is -2.08. The Morgan fingerprint density at radius 1 is 1.43 bits per heavy atom. The Bertz CT molecular complexity index is 626. The van der Waals surface area contributed by atoms with Gasteiger partial charge >= 0.3 is 0 Å². The van der Waals surface area contributed by atoms with Gasteiger partial charge in [-0.05, 0) is 6.92 Å². The summed E-state index contributed by atoms with van der Waals surface area (Å²) in [5.41, 5.74) is 0.603. The molecule has 1 heterocycles. The minimum absolute atomic E-state index is 0.0149. The molecule has 8 nitrogen and oxygen atoms in total. The van der Waals surface area contributed by atoms with Gasteiger partial charge in [0.1, 0.15) is 5.75 Å². The number of anilines is 1. The van der Waals surface area contributed by atoms with E-state index < -0.39 is 4.92 Å². The summed E-state index contributed by atoms with van der Waals surface area (Å²) < 4.78 is 10.2. The van der Waals surface area contributed by atoms with Gasteiger partial charge in [-0.2, -0.15) is 4.98 Å². The van der Waals surface area contributed by atoms with Gasteiger partial charge in [-0.15, -0.1) is 0 Å². The largest absolute Gasteiger partial charge is 0.494 e. The van der Waals surface area contributed by atoms with Crippen LogP contribution in [0.2, 0.25) is 0 Å². The zero-order valence-corrected chi connectivity index (χ0v) is 11.8. The Balaban J connectivity index is 2.02. The predicted octanol–water partition coefficient (Wildman–Crippen LogP) is 2.34. The van der Waals surface area contributed by atoms with Gasteiger partial charge in [0.2, 0.25) is 5.89 Å². The minimum atomic E-state index is -0.448. The van der Waals surface area contributed by atoms with Crippen LogP contribution in [-0.4, -0.2) is 28.2 Å². The van der Waals surface area contributed by atoms with Crippen molar-refractivity contribution in [1.82, 2.24) is 10.1 Å². The Morgan fingerprint density at radius 2 is 2.24 bits per heavy atom. The third kappa shape index (κ3) is 4.16. The molecule has 0 radical (unpaired) electrons. The van der Waals surface area contributed by atoms with Crippen molar-refractivity contribution < 1.29 is 14.2 Å². The molecule has 1 aromatic heterocycles. The summed E-state index contributed by atoms with van der Waals surface area (Å²) in [7, 11) is 0. The highest BCUT2D eigenvalue weighted by Crippen LogP contribution is 2.26. The highest BCUT2D eigenvalue weighted by atomic mass is 16.6. The topological polar surface area (TPSA) is 103 Å². The molecule has 2 rings (SSSR count). The molecule has 0 aliphatic heterocycles. The van der Waals surface area contributed by atoms with Gasteiger partial charge in [0.05, 0.1) is 17.6 Å². The quantitative estimate of drug-likeness (QED) is 0.617. The Kier molecular flexibility index (Phi) is 4.70. The van der Waals surface area contributed by atoms with Crippen molar-refractivity contribution in [2.75, 3.05) is 18.5 Å². The maximum Gasteiger partial charge on any atom is 0.275 e. The first-order valence-corrected chi connectivity index (χ1v) is 6.54. The Morgan fingerprint density at radius 3 is 2.86 bits per heavy atom. The first kappa shape index (κ1) is 14.8. The molecule has 21 heavy (non-hydrogen) atoms. The van der Waals surface area contributed by atoms with Crippen LogP contribution in [0.1, 0.15) is 18.6 Å². The molecule has 112 valence electrons. The number of aryl methyl sites for hydroxylation is 1. The molecule has 1 aromatic carbocycles. The minimum Gasteiger partial charge on any atom is -0.494 e. The zero-order chi connectivity index (χ0) is 15.2. The molecular weight excluding hydrogens is 276 g/mol.